The molecule has 0 aromatic rings. The van der Waals surface area contributed by atoms with Crippen LogP contribution < -0.4 is 0 Å². The SMILES string of the molecule is CC.CCCN(CCC)CCOC. The molecule has 13 heavy (non-hydrogen) atoms. The van der Waals surface area contributed by atoms with Crippen LogP contribution in [0.4, 0.5) is 0 Å². The third-order valence-corrected chi connectivity index (χ3v) is 1.69. The second-order valence-corrected chi connectivity index (χ2v) is 2.83. The molecule has 0 rings (SSSR count). The van der Waals surface area contributed by atoms with Crippen molar-refractivity contribution in [2.75, 3.05) is 33.4 Å². The molecule has 0 aromatic carbocycles. The number of methoxy groups -OCH3 is 1. The smallest absolute Gasteiger partial charge is 0.0589 e. The quantitative estimate of drug-likeness (QED) is 0.610. The molecule has 2 heteroatoms. The summed E-state index contributed by atoms with van der Waals surface area (Å²) >= 11 is 0. The van der Waals surface area contributed by atoms with Gasteiger partial charge in [-0.3, -0.25) is 0 Å². The fourth-order valence-electron chi connectivity index (χ4n) is 1.19. The summed E-state index contributed by atoms with van der Waals surface area (Å²) in [6.07, 6.45) is 2.48. The van der Waals surface area contributed by atoms with E-state index in [4.69, 9.17) is 4.74 Å². The highest BCUT2D eigenvalue weighted by atomic mass is 16.5. The first kappa shape index (κ1) is 15.4. The summed E-state index contributed by atoms with van der Waals surface area (Å²) in [5.41, 5.74) is 0. The van der Waals surface area contributed by atoms with Crippen LogP contribution in [0.25, 0.3) is 0 Å². The summed E-state index contributed by atoms with van der Waals surface area (Å²) in [6.45, 7) is 12.8. The van der Waals surface area contributed by atoms with Crippen molar-refractivity contribution >= 4 is 0 Å². The first-order chi connectivity index (χ1) is 6.35. The van der Waals surface area contributed by atoms with Gasteiger partial charge < -0.3 is 9.64 Å². The normalized spacial score (nSPS) is 9.69. The highest BCUT2D eigenvalue weighted by Crippen LogP contribution is 1.93. The second-order valence-electron chi connectivity index (χ2n) is 2.83. The number of ether oxygens (including phenoxy) is 1. The van der Waals surface area contributed by atoms with Crippen LogP contribution in [0, 0.1) is 0 Å². The van der Waals surface area contributed by atoms with Crippen molar-refractivity contribution in [3.8, 4) is 0 Å². The van der Waals surface area contributed by atoms with Gasteiger partial charge in [-0.05, 0) is 25.9 Å². The average molecular weight is 189 g/mol. The van der Waals surface area contributed by atoms with E-state index in [1.165, 1.54) is 25.9 Å². The fraction of sp³-hybridized carbons (Fsp3) is 1.00. The monoisotopic (exact) mass is 189 g/mol. The third-order valence-electron chi connectivity index (χ3n) is 1.69. The van der Waals surface area contributed by atoms with E-state index >= 15 is 0 Å². The minimum absolute atomic E-state index is 0.861. The van der Waals surface area contributed by atoms with Crippen LogP contribution in [-0.4, -0.2) is 38.3 Å². The van der Waals surface area contributed by atoms with Crippen LogP contribution >= 0.6 is 0 Å². The molecule has 0 aromatic heterocycles. The van der Waals surface area contributed by atoms with Crippen molar-refractivity contribution in [1.82, 2.24) is 4.90 Å². The van der Waals surface area contributed by atoms with Crippen LogP contribution in [0.5, 0.6) is 0 Å². The van der Waals surface area contributed by atoms with Crippen molar-refractivity contribution in [3.63, 3.8) is 0 Å². The van der Waals surface area contributed by atoms with Gasteiger partial charge in [-0.2, -0.15) is 0 Å². The van der Waals surface area contributed by atoms with E-state index in [0.717, 1.165) is 13.2 Å². The Bertz CT molecular complexity index is 70.5. The second kappa shape index (κ2) is 14.4. The molecule has 0 unspecified atom stereocenters. The summed E-state index contributed by atoms with van der Waals surface area (Å²) < 4.78 is 5.02. The molecule has 0 fully saturated rings. The van der Waals surface area contributed by atoms with Crippen molar-refractivity contribution in [2.24, 2.45) is 0 Å². The van der Waals surface area contributed by atoms with Gasteiger partial charge in [-0.25, -0.2) is 0 Å². The fourth-order valence-corrected chi connectivity index (χ4v) is 1.19. The Morgan fingerprint density at radius 1 is 0.923 bits per heavy atom. The molecule has 0 radical (unpaired) electrons. The predicted molar refractivity (Wildman–Crippen MR) is 60.2 cm³/mol. The Morgan fingerprint density at radius 3 is 1.69 bits per heavy atom. The van der Waals surface area contributed by atoms with E-state index in [1.807, 2.05) is 13.8 Å². The Labute approximate surface area is 84.3 Å². The summed E-state index contributed by atoms with van der Waals surface area (Å²) in [4.78, 5) is 2.45. The van der Waals surface area contributed by atoms with E-state index in [9.17, 15) is 0 Å². The van der Waals surface area contributed by atoms with Gasteiger partial charge in [0.25, 0.3) is 0 Å². The summed E-state index contributed by atoms with van der Waals surface area (Å²) in [5, 5.41) is 0. The van der Waals surface area contributed by atoms with Crippen molar-refractivity contribution < 1.29 is 4.74 Å². The molecule has 0 bridgehead atoms. The van der Waals surface area contributed by atoms with Crippen molar-refractivity contribution in [2.45, 2.75) is 40.5 Å². The molecule has 0 amide bonds. The van der Waals surface area contributed by atoms with Crippen LogP contribution in [0.15, 0.2) is 0 Å². The molecule has 0 saturated heterocycles. The molecule has 2 nitrogen and oxygen atoms in total. The molecule has 0 saturated carbocycles. The predicted octanol–water partition coefficient (Wildman–Crippen LogP) is 2.78. The maximum Gasteiger partial charge on any atom is 0.0589 e. The van der Waals surface area contributed by atoms with Gasteiger partial charge in [0.15, 0.2) is 0 Å². The molecule has 0 N–H and O–H groups in total. The molecule has 0 aliphatic heterocycles. The van der Waals surface area contributed by atoms with Crippen molar-refractivity contribution in [3.05, 3.63) is 0 Å². The zero-order chi connectivity index (χ0) is 10.5. The lowest BCUT2D eigenvalue weighted by atomic mass is 10.3. The largest absolute Gasteiger partial charge is 0.383 e. The Hall–Kier alpha value is -0.0800. The highest BCUT2D eigenvalue weighted by molar-refractivity contribution is 4.54. The summed E-state index contributed by atoms with van der Waals surface area (Å²) in [7, 11) is 1.76. The Kier molecular flexibility index (Phi) is 17.1. The first-order valence-electron chi connectivity index (χ1n) is 5.56. The van der Waals surface area contributed by atoms with Gasteiger partial charge in [0, 0.05) is 13.7 Å². The number of hydrogen-bond acceptors (Lipinski definition) is 2. The van der Waals surface area contributed by atoms with Crippen LogP contribution in [-0.2, 0) is 4.74 Å². The van der Waals surface area contributed by atoms with Crippen LogP contribution in [0.2, 0.25) is 0 Å². The van der Waals surface area contributed by atoms with Gasteiger partial charge >= 0.3 is 0 Å². The Balaban J connectivity index is 0. The summed E-state index contributed by atoms with van der Waals surface area (Å²) in [5.74, 6) is 0. The van der Waals surface area contributed by atoms with Gasteiger partial charge in [-0.1, -0.05) is 27.7 Å². The molecule has 0 spiro atoms. The van der Waals surface area contributed by atoms with E-state index in [-0.39, 0.29) is 0 Å². The topological polar surface area (TPSA) is 12.5 Å². The van der Waals surface area contributed by atoms with E-state index in [1.54, 1.807) is 7.11 Å². The molecule has 0 atom stereocenters. The number of rotatable bonds is 7. The number of nitrogens with zero attached hydrogens (tertiary/aromatic N) is 1. The maximum atomic E-state index is 5.02. The van der Waals surface area contributed by atoms with E-state index in [2.05, 4.69) is 18.7 Å². The summed E-state index contributed by atoms with van der Waals surface area (Å²) in [6, 6.07) is 0. The standard InChI is InChI=1S/C9H21NO.C2H6/c1-4-6-10(7-5-2)8-9-11-3;1-2/h4-9H2,1-3H3;1-2H3. The van der Waals surface area contributed by atoms with Gasteiger partial charge in [0.1, 0.15) is 0 Å². The molecule has 0 aliphatic carbocycles. The Morgan fingerprint density at radius 2 is 1.38 bits per heavy atom. The van der Waals surface area contributed by atoms with Gasteiger partial charge in [0.05, 0.1) is 6.61 Å². The third kappa shape index (κ3) is 11.9. The van der Waals surface area contributed by atoms with E-state index in [0.29, 0.717) is 0 Å². The van der Waals surface area contributed by atoms with Crippen LogP contribution in [0.3, 0.4) is 0 Å². The van der Waals surface area contributed by atoms with Gasteiger partial charge in [0.2, 0.25) is 0 Å². The highest BCUT2D eigenvalue weighted by Gasteiger charge is 1.99. The zero-order valence-corrected chi connectivity index (χ0v) is 10.1. The molecule has 0 heterocycles. The van der Waals surface area contributed by atoms with Crippen LogP contribution in [0.1, 0.15) is 40.5 Å². The first-order valence-corrected chi connectivity index (χ1v) is 5.56. The average Bonchev–Trinajstić information content (AvgIpc) is 2.18. The molecule has 0 aliphatic rings. The number of hydrogen-bond donors (Lipinski definition) is 0. The lowest BCUT2D eigenvalue weighted by molar-refractivity contribution is 0.147. The minimum atomic E-state index is 0.861. The maximum absolute atomic E-state index is 5.02. The minimum Gasteiger partial charge on any atom is -0.383 e. The molecular formula is C11H27NO. The molecular weight excluding hydrogens is 162 g/mol. The van der Waals surface area contributed by atoms with Crippen molar-refractivity contribution in [1.29, 1.82) is 0 Å². The molecule has 82 valence electrons. The lowest BCUT2D eigenvalue weighted by Crippen LogP contribution is -2.28. The zero-order valence-electron chi connectivity index (χ0n) is 10.1. The lowest BCUT2D eigenvalue weighted by Gasteiger charge is -2.19. The van der Waals surface area contributed by atoms with Gasteiger partial charge in [-0.15, -0.1) is 0 Å². The van der Waals surface area contributed by atoms with E-state index < -0.39 is 0 Å².